The van der Waals surface area contributed by atoms with Crippen molar-refractivity contribution >= 4 is 23.5 Å². The lowest BCUT2D eigenvalue weighted by molar-refractivity contribution is -0.138. The van der Waals surface area contributed by atoms with E-state index < -0.39 is 41.5 Å². The molecule has 0 spiro atoms. The number of nitrogens with one attached hydrogen (secondary N) is 2. The number of aliphatic carboxylic acids is 1. The molecule has 0 heterocycles. The van der Waals surface area contributed by atoms with Crippen LogP contribution in [-0.2, 0) is 14.3 Å². The number of alkyl carbamates (subject to hydrolysis) is 1. The first-order valence-corrected chi connectivity index (χ1v) is 10.8. The number of rotatable bonds is 9. The molecule has 0 saturated carbocycles. The molecule has 1 amide bonds. The number of hydrogen-bond donors (Lipinski definition) is 3. The van der Waals surface area contributed by atoms with Crippen LogP contribution >= 0.6 is 0 Å². The Morgan fingerprint density at radius 3 is 2.00 bits per heavy atom. The predicted octanol–water partition coefficient (Wildman–Crippen LogP) is 4.49. The van der Waals surface area contributed by atoms with Gasteiger partial charge in [-0.25, -0.2) is 9.59 Å². The second-order valence-corrected chi connectivity index (χ2v) is 10.2. The molecule has 8 heteroatoms. The van der Waals surface area contributed by atoms with E-state index in [1.165, 1.54) is 0 Å². The average Bonchev–Trinajstić information content (AvgIpc) is 2.60. The van der Waals surface area contributed by atoms with Gasteiger partial charge in [0.15, 0.2) is 5.78 Å². The first-order chi connectivity index (χ1) is 14.5. The molecule has 32 heavy (non-hydrogen) atoms. The summed E-state index contributed by atoms with van der Waals surface area (Å²) in [5.74, 6) is -1.50. The van der Waals surface area contributed by atoms with E-state index in [4.69, 9.17) is 9.47 Å². The molecule has 1 aromatic carbocycles. The summed E-state index contributed by atoms with van der Waals surface area (Å²) in [4.78, 5) is 37.3. The van der Waals surface area contributed by atoms with Gasteiger partial charge >= 0.3 is 12.1 Å². The normalized spacial score (nSPS) is 14.9. The second-order valence-electron chi connectivity index (χ2n) is 10.2. The minimum atomic E-state index is -1.00. The lowest BCUT2D eigenvalue weighted by Gasteiger charge is -2.31. The number of carboxylic acids is 1. The summed E-state index contributed by atoms with van der Waals surface area (Å²) in [7, 11) is 0. The van der Waals surface area contributed by atoms with Crippen LogP contribution in [0.1, 0.15) is 72.7 Å². The minimum Gasteiger partial charge on any atom is -0.480 e. The highest BCUT2D eigenvalue weighted by Gasteiger charge is 2.33. The number of hydrogen-bond acceptors (Lipinski definition) is 6. The number of Topliss-reactive ketones (excluding diaryl/α,β-unsaturated/α-hetero) is 1. The summed E-state index contributed by atoms with van der Waals surface area (Å²) in [5.41, 5.74) is -0.452. The van der Waals surface area contributed by atoms with Crippen molar-refractivity contribution in [2.45, 2.75) is 91.7 Å². The fourth-order valence-electron chi connectivity index (χ4n) is 3.09. The van der Waals surface area contributed by atoms with Crippen LogP contribution < -0.4 is 10.6 Å². The summed E-state index contributed by atoms with van der Waals surface area (Å²) in [6, 6.07) is 4.74. The Bertz CT molecular complexity index is 807. The van der Waals surface area contributed by atoms with Crippen molar-refractivity contribution in [3.05, 3.63) is 29.8 Å². The van der Waals surface area contributed by atoms with E-state index in [1.54, 1.807) is 65.8 Å². The first-order valence-electron chi connectivity index (χ1n) is 10.8. The third-order valence-corrected chi connectivity index (χ3v) is 4.37. The summed E-state index contributed by atoms with van der Waals surface area (Å²) >= 11 is 0. The van der Waals surface area contributed by atoms with Crippen molar-refractivity contribution in [1.29, 1.82) is 0 Å². The fourth-order valence-corrected chi connectivity index (χ4v) is 3.09. The zero-order valence-corrected chi connectivity index (χ0v) is 20.6. The lowest BCUT2D eigenvalue weighted by atomic mass is 9.98. The van der Waals surface area contributed by atoms with E-state index >= 15 is 0 Å². The summed E-state index contributed by atoms with van der Waals surface area (Å²) in [6.45, 7) is 16.1. The van der Waals surface area contributed by atoms with Crippen LogP contribution in [0.25, 0.3) is 0 Å². The van der Waals surface area contributed by atoms with Gasteiger partial charge in [0.05, 0.1) is 11.7 Å². The molecule has 1 aromatic rings. The third-order valence-electron chi connectivity index (χ3n) is 4.37. The van der Waals surface area contributed by atoms with Crippen molar-refractivity contribution in [3.8, 4) is 0 Å². The molecule has 0 saturated heterocycles. The van der Waals surface area contributed by atoms with E-state index in [0.29, 0.717) is 11.3 Å². The zero-order valence-electron chi connectivity index (χ0n) is 20.6. The summed E-state index contributed by atoms with van der Waals surface area (Å²) in [6.07, 6.45) is -1.37. The van der Waals surface area contributed by atoms with Crippen LogP contribution in [0.5, 0.6) is 0 Å². The van der Waals surface area contributed by atoms with Gasteiger partial charge in [-0.2, -0.15) is 0 Å². The summed E-state index contributed by atoms with van der Waals surface area (Å²) in [5, 5.41) is 15.0. The molecule has 0 aliphatic rings. The number of ketones is 1. The van der Waals surface area contributed by atoms with Crippen molar-refractivity contribution in [2.75, 3.05) is 5.32 Å². The molecular weight excluding hydrogens is 412 g/mol. The molecule has 0 bridgehead atoms. The van der Waals surface area contributed by atoms with Crippen LogP contribution in [0, 0.1) is 5.92 Å². The van der Waals surface area contributed by atoms with Crippen LogP contribution in [-0.4, -0.2) is 52.3 Å². The largest absolute Gasteiger partial charge is 0.480 e. The van der Waals surface area contributed by atoms with Crippen molar-refractivity contribution < 1.29 is 29.0 Å². The van der Waals surface area contributed by atoms with E-state index in [-0.39, 0.29) is 11.7 Å². The van der Waals surface area contributed by atoms with Gasteiger partial charge in [0, 0.05) is 11.3 Å². The lowest BCUT2D eigenvalue weighted by Crippen LogP contribution is -2.51. The zero-order chi connectivity index (χ0) is 24.9. The van der Waals surface area contributed by atoms with Crippen LogP contribution in [0.2, 0.25) is 0 Å². The van der Waals surface area contributed by atoms with Gasteiger partial charge in [-0.1, -0.05) is 26.0 Å². The highest BCUT2D eigenvalue weighted by Crippen LogP contribution is 2.20. The van der Waals surface area contributed by atoms with Gasteiger partial charge in [-0.3, -0.25) is 4.79 Å². The average molecular weight is 451 g/mol. The molecule has 0 unspecified atom stereocenters. The number of amides is 1. The Kier molecular flexibility index (Phi) is 9.26. The fraction of sp³-hybridized carbons (Fsp3) is 0.625. The highest BCUT2D eigenvalue weighted by molar-refractivity contribution is 6.02. The number of carbonyl (C=O) groups excluding carboxylic acids is 2. The van der Waals surface area contributed by atoms with E-state index in [2.05, 4.69) is 10.6 Å². The molecule has 1 rings (SSSR count). The topological polar surface area (TPSA) is 114 Å². The predicted molar refractivity (Wildman–Crippen MR) is 124 cm³/mol. The second kappa shape index (κ2) is 10.8. The van der Waals surface area contributed by atoms with E-state index in [9.17, 15) is 19.5 Å². The third kappa shape index (κ3) is 9.26. The minimum absolute atomic E-state index is 0.159. The Labute approximate surface area is 191 Å². The van der Waals surface area contributed by atoms with Crippen molar-refractivity contribution in [3.63, 3.8) is 0 Å². The monoisotopic (exact) mass is 450 g/mol. The molecule has 0 aliphatic carbocycles. The van der Waals surface area contributed by atoms with Gasteiger partial charge in [-0.05, 0) is 66.5 Å². The Morgan fingerprint density at radius 2 is 1.53 bits per heavy atom. The molecule has 0 aliphatic heterocycles. The van der Waals surface area contributed by atoms with E-state index in [1.807, 2.05) is 20.8 Å². The number of carbonyl (C=O) groups is 3. The summed E-state index contributed by atoms with van der Waals surface area (Å²) < 4.78 is 11.3. The van der Waals surface area contributed by atoms with E-state index in [0.717, 1.165) is 0 Å². The molecule has 3 atom stereocenters. The van der Waals surface area contributed by atoms with Gasteiger partial charge in [0.25, 0.3) is 0 Å². The quantitative estimate of drug-likeness (QED) is 0.475. The smallest absolute Gasteiger partial charge is 0.408 e. The first kappa shape index (κ1) is 27.4. The SMILES string of the molecule is CC(C)[C@H](Nc1cccc(C(=O)[C@@H](NC(=O)OC(C)(C)C)[C@@H](C)OC(C)(C)C)c1)C(=O)O. The molecule has 0 fully saturated rings. The van der Waals surface area contributed by atoms with Crippen molar-refractivity contribution in [1.82, 2.24) is 5.32 Å². The molecular formula is C24H38N2O6. The maximum absolute atomic E-state index is 13.4. The number of benzene rings is 1. The van der Waals surface area contributed by atoms with Gasteiger partial charge in [0.2, 0.25) is 0 Å². The molecule has 0 radical (unpaired) electrons. The number of ether oxygens (including phenoxy) is 2. The maximum atomic E-state index is 13.4. The maximum Gasteiger partial charge on any atom is 0.408 e. The van der Waals surface area contributed by atoms with Gasteiger partial charge in [-0.15, -0.1) is 0 Å². The number of anilines is 1. The molecule has 3 N–H and O–H groups in total. The Hall–Kier alpha value is -2.61. The van der Waals surface area contributed by atoms with Gasteiger partial charge in [0.1, 0.15) is 17.7 Å². The molecule has 180 valence electrons. The van der Waals surface area contributed by atoms with Crippen molar-refractivity contribution in [2.24, 2.45) is 5.92 Å². The highest BCUT2D eigenvalue weighted by atomic mass is 16.6. The molecule has 0 aromatic heterocycles. The Balaban J connectivity index is 3.20. The van der Waals surface area contributed by atoms with Crippen LogP contribution in [0.4, 0.5) is 10.5 Å². The van der Waals surface area contributed by atoms with Gasteiger partial charge < -0.3 is 25.2 Å². The number of carboxylic acid groups (broad SMARTS) is 1. The Morgan fingerprint density at radius 1 is 0.938 bits per heavy atom. The molecule has 8 nitrogen and oxygen atoms in total. The van der Waals surface area contributed by atoms with Crippen LogP contribution in [0.15, 0.2) is 24.3 Å². The standard InChI is InChI=1S/C24H38N2O6/c1-14(2)18(21(28)29)25-17-12-10-11-16(13-17)20(27)19(15(3)31-23(4,5)6)26-22(30)32-24(7,8)9/h10-15,18-19,25H,1-9H3,(H,26,30)(H,28,29)/t15-,18+,19+/m1/s1. The van der Waals surface area contributed by atoms with Crippen LogP contribution in [0.3, 0.4) is 0 Å².